The van der Waals surface area contributed by atoms with Gasteiger partial charge in [-0.15, -0.1) is 0 Å². The van der Waals surface area contributed by atoms with Crippen molar-refractivity contribution in [2.24, 2.45) is 4.99 Å². The summed E-state index contributed by atoms with van der Waals surface area (Å²) in [5.74, 6) is 7.06. The van der Waals surface area contributed by atoms with Crippen molar-refractivity contribution in [1.82, 2.24) is 0 Å². The summed E-state index contributed by atoms with van der Waals surface area (Å²) in [5.41, 5.74) is 3.13. The molecule has 0 aromatic heterocycles. The van der Waals surface area contributed by atoms with E-state index in [0.717, 1.165) is 29.0 Å². The Balaban J connectivity index is 2.05. The molecule has 0 unspecified atom stereocenters. The maximum absolute atomic E-state index is 4.25. The third-order valence-corrected chi connectivity index (χ3v) is 2.71. The first-order chi connectivity index (χ1) is 9.38. The van der Waals surface area contributed by atoms with E-state index in [1.165, 1.54) is 0 Å². The zero-order chi connectivity index (χ0) is 13.3. The molecule has 2 heteroatoms. The smallest absolute Gasteiger partial charge is 0.0477 e. The zero-order valence-electron chi connectivity index (χ0n) is 10.6. The summed E-state index contributed by atoms with van der Waals surface area (Å²) < 4.78 is 0. The van der Waals surface area contributed by atoms with Gasteiger partial charge in [-0.25, -0.2) is 0 Å². The maximum Gasteiger partial charge on any atom is 0.0477 e. The SMILES string of the molecule is SCCN=Cc1ccc(C#Cc2ccccc2)cc1. The van der Waals surface area contributed by atoms with E-state index in [2.05, 4.69) is 29.5 Å². The van der Waals surface area contributed by atoms with Crippen molar-refractivity contribution >= 4 is 18.8 Å². The van der Waals surface area contributed by atoms with Crippen LogP contribution in [0.5, 0.6) is 0 Å². The minimum atomic E-state index is 0.749. The van der Waals surface area contributed by atoms with E-state index in [9.17, 15) is 0 Å². The number of rotatable bonds is 3. The molecular formula is C17H15NS. The second kappa shape index (κ2) is 7.45. The quantitative estimate of drug-likeness (QED) is 0.496. The molecule has 19 heavy (non-hydrogen) atoms. The van der Waals surface area contributed by atoms with E-state index in [-0.39, 0.29) is 0 Å². The van der Waals surface area contributed by atoms with Gasteiger partial charge in [-0.2, -0.15) is 12.6 Å². The van der Waals surface area contributed by atoms with Crippen molar-refractivity contribution in [3.8, 4) is 11.8 Å². The van der Waals surface area contributed by atoms with Crippen LogP contribution in [0.4, 0.5) is 0 Å². The first-order valence-corrected chi connectivity index (χ1v) is 6.79. The van der Waals surface area contributed by atoms with Crippen molar-refractivity contribution in [3.63, 3.8) is 0 Å². The fourth-order valence-corrected chi connectivity index (χ4v) is 1.66. The lowest BCUT2D eigenvalue weighted by Crippen LogP contribution is -1.85. The van der Waals surface area contributed by atoms with Gasteiger partial charge in [-0.1, -0.05) is 42.2 Å². The molecule has 0 N–H and O–H groups in total. The van der Waals surface area contributed by atoms with Gasteiger partial charge >= 0.3 is 0 Å². The fraction of sp³-hybridized carbons (Fsp3) is 0.118. The number of nitrogens with zero attached hydrogens (tertiary/aromatic N) is 1. The number of aliphatic imine (C=N–C) groups is 1. The van der Waals surface area contributed by atoms with Gasteiger partial charge in [0.2, 0.25) is 0 Å². The molecule has 0 spiro atoms. The van der Waals surface area contributed by atoms with Gasteiger partial charge < -0.3 is 0 Å². The molecule has 0 amide bonds. The van der Waals surface area contributed by atoms with E-state index in [0.29, 0.717) is 0 Å². The van der Waals surface area contributed by atoms with Gasteiger partial charge in [0.05, 0.1) is 0 Å². The summed E-state index contributed by atoms with van der Waals surface area (Å²) in [6.07, 6.45) is 1.87. The first-order valence-electron chi connectivity index (χ1n) is 6.16. The predicted molar refractivity (Wildman–Crippen MR) is 85.2 cm³/mol. The van der Waals surface area contributed by atoms with Crippen LogP contribution >= 0.6 is 12.6 Å². The first kappa shape index (κ1) is 13.5. The number of thiol groups is 1. The zero-order valence-corrected chi connectivity index (χ0v) is 11.5. The summed E-state index contributed by atoms with van der Waals surface area (Å²) in [4.78, 5) is 4.25. The molecule has 0 heterocycles. The third kappa shape index (κ3) is 4.65. The Hall–Kier alpha value is -1.98. The van der Waals surface area contributed by atoms with E-state index in [4.69, 9.17) is 0 Å². The highest BCUT2D eigenvalue weighted by atomic mass is 32.1. The Labute approximate surface area is 119 Å². The average Bonchev–Trinajstić information content (AvgIpc) is 2.48. The minimum absolute atomic E-state index is 0.749. The monoisotopic (exact) mass is 265 g/mol. The van der Waals surface area contributed by atoms with E-state index in [1.807, 2.05) is 60.8 Å². The second-order valence-electron chi connectivity index (χ2n) is 4.00. The van der Waals surface area contributed by atoms with Crippen LogP contribution in [0.1, 0.15) is 16.7 Å². The van der Waals surface area contributed by atoms with Crippen LogP contribution < -0.4 is 0 Å². The van der Waals surface area contributed by atoms with E-state index < -0.39 is 0 Å². The van der Waals surface area contributed by atoms with Gasteiger partial charge in [0, 0.05) is 29.6 Å². The predicted octanol–water partition coefficient (Wildman–Crippen LogP) is 3.44. The number of hydrogen-bond donors (Lipinski definition) is 1. The van der Waals surface area contributed by atoms with Gasteiger partial charge in [0.15, 0.2) is 0 Å². The number of benzene rings is 2. The lowest BCUT2D eigenvalue weighted by Gasteiger charge is -1.94. The summed E-state index contributed by atoms with van der Waals surface area (Å²) in [6, 6.07) is 18.1. The molecule has 94 valence electrons. The van der Waals surface area contributed by atoms with Crippen LogP contribution in [0.25, 0.3) is 0 Å². The lowest BCUT2D eigenvalue weighted by atomic mass is 10.1. The summed E-state index contributed by atoms with van der Waals surface area (Å²) in [5, 5.41) is 0. The van der Waals surface area contributed by atoms with Crippen molar-refractivity contribution in [2.75, 3.05) is 12.3 Å². The average molecular weight is 265 g/mol. The van der Waals surface area contributed by atoms with Crippen LogP contribution in [0.15, 0.2) is 59.6 Å². The Morgan fingerprint density at radius 1 is 0.895 bits per heavy atom. The molecule has 0 fully saturated rings. The molecule has 0 aliphatic carbocycles. The van der Waals surface area contributed by atoms with Crippen LogP contribution in [0.2, 0.25) is 0 Å². The maximum atomic E-state index is 4.25. The normalized spacial score (nSPS) is 10.2. The van der Waals surface area contributed by atoms with Crippen molar-refractivity contribution in [1.29, 1.82) is 0 Å². The molecule has 0 aliphatic heterocycles. The highest BCUT2D eigenvalue weighted by Gasteiger charge is 1.89. The fourth-order valence-electron chi connectivity index (χ4n) is 1.55. The van der Waals surface area contributed by atoms with Gasteiger partial charge in [0.25, 0.3) is 0 Å². The van der Waals surface area contributed by atoms with Gasteiger partial charge in [-0.3, -0.25) is 4.99 Å². The molecular weight excluding hydrogens is 250 g/mol. The summed E-state index contributed by atoms with van der Waals surface area (Å²) in [6.45, 7) is 0.749. The van der Waals surface area contributed by atoms with Crippen molar-refractivity contribution < 1.29 is 0 Å². The highest BCUT2D eigenvalue weighted by Crippen LogP contribution is 2.02. The van der Waals surface area contributed by atoms with Crippen LogP contribution in [0, 0.1) is 11.8 Å². The third-order valence-electron chi connectivity index (χ3n) is 2.51. The molecule has 0 saturated carbocycles. The Morgan fingerprint density at radius 2 is 1.53 bits per heavy atom. The van der Waals surface area contributed by atoms with Crippen LogP contribution in [-0.4, -0.2) is 18.5 Å². The molecule has 0 atom stereocenters. The molecule has 2 rings (SSSR count). The molecule has 0 saturated heterocycles. The molecule has 0 aliphatic rings. The van der Waals surface area contributed by atoms with Gasteiger partial charge in [-0.05, 0) is 29.8 Å². The summed E-state index contributed by atoms with van der Waals surface area (Å²) >= 11 is 4.11. The van der Waals surface area contributed by atoms with Crippen molar-refractivity contribution in [2.45, 2.75) is 0 Å². The lowest BCUT2D eigenvalue weighted by molar-refractivity contribution is 1.16. The second-order valence-corrected chi connectivity index (χ2v) is 4.44. The molecule has 2 aromatic rings. The molecule has 2 aromatic carbocycles. The molecule has 0 radical (unpaired) electrons. The molecule has 0 bridgehead atoms. The minimum Gasteiger partial charge on any atom is -0.292 e. The number of hydrogen-bond acceptors (Lipinski definition) is 2. The Kier molecular flexibility index (Phi) is 5.28. The summed E-state index contributed by atoms with van der Waals surface area (Å²) in [7, 11) is 0. The van der Waals surface area contributed by atoms with E-state index in [1.54, 1.807) is 0 Å². The van der Waals surface area contributed by atoms with Crippen LogP contribution in [-0.2, 0) is 0 Å². The largest absolute Gasteiger partial charge is 0.292 e. The van der Waals surface area contributed by atoms with Crippen molar-refractivity contribution in [3.05, 3.63) is 71.3 Å². The van der Waals surface area contributed by atoms with E-state index >= 15 is 0 Å². The Morgan fingerprint density at radius 3 is 2.16 bits per heavy atom. The van der Waals surface area contributed by atoms with Crippen LogP contribution in [0.3, 0.4) is 0 Å². The van der Waals surface area contributed by atoms with Gasteiger partial charge in [0.1, 0.15) is 0 Å². The molecule has 1 nitrogen and oxygen atoms in total. The highest BCUT2D eigenvalue weighted by molar-refractivity contribution is 7.80. The topological polar surface area (TPSA) is 12.4 Å². The standard InChI is InChI=1S/C17H15NS/c19-13-12-18-14-17-10-8-16(9-11-17)7-6-15-4-2-1-3-5-15/h1-5,8-11,14,19H,12-13H2. The Bertz CT molecular complexity index is 589.